The summed E-state index contributed by atoms with van der Waals surface area (Å²) < 4.78 is 22.6. The van der Waals surface area contributed by atoms with Crippen molar-refractivity contribution in [3.63, 3.8) is 0 Å². The molecule has 2 atom stereocenters. The van der Waals surface area contributed by atoms with E-state index in [0.29, 0.717) is 17.4 Å². The number of allylic oxidation sites excluding steroid dienone is 20. The van der Waals surface area contributed by atoms with Gasteiger partial charge in [-0.25, -0.2) is 0 Å². The van der Waals surface area contributed by atoms with Gasteiger partial charge in [-0.05, 0) is 109 Å². The average molecular weight is 988 g/mol. The molecule has 0 fully saturated rings. The van der Waals surface area contributed by atoms with Crippen molar-refractivity contribution in [2.75, 3.05) is 47.5 Å². The van der Waals surface area contributed by atoms with Crippen LogP contribution in [0.25, 0.3) is 0 Å². The predicted molar refractivity (Wildman–Crippen MR) is 296 cm³/mol. The normalized spacial score (nSPS) is 13.8. The van der Waals surface area contributed by atoms with Gasteiger partial charge in [0.2, 0.25) is 0 Å². The number of esters is 2. The van der Waals surface area contributed by atoms with Crippen molar-refractivity contribution in [2.45, 2.75) is 206 Å². The molecule has 0 amide bonds. The molecule has 0 heterocycles. The maximum absolute atomic E-state index is 12.8. The van der Waals surface area contributed by atoms with Crippen molar-refractivity contribution in [1.82, 2.24) is 0 Å². The number of unbranched alkanes of at least 4 members (excludes halogenated alkanes) is 14. The van der Waals surface area contributed by atoms with E-state index in [1.54, 1.807) is 0 Å². The molecule has 0 N–H and O–H groups in total. The number of nitrogens with zero attached hydrogens (tertiary/aromatic N) is 1. The van der Waals surface area contributed by atoms with Gasteiger partial charge in [-0.2, -0.15) is 0 Å². The van der Waals surface area contributed by atoms with E-state index in [4.69, 9.17) is 18.9 Å². The number of rotatable bonds is 49. The SMILES string of the molecule is CC/C=C\C/C=C\C/C=C\C/C=C\C/C=C\C/C=C\C/C=C\C/C=C\CCCCC(=O)OC(COC(=O)CCCCCCCCCCC/C=C\C/C=C\CCCCC)COC(OCC[N+](C)(C)C)C(=O)[O-]. The first-order valence-electron chi connectivity index (χ1n) is 27.7. The lowest BCUT2D eigenvalue weighted by Gasteiger charge is -2.26. The fourth-order valence-electron chi connectivity index (χ4n) is 6.93. The van der Waals surface area contributed by atoms with Gasteiger partial charge in [0.05, 0.1) is 40.3 Å². The van der Waals surface area contributed by atoms with Gasteiger partial charge < -0.3 is 33.3 Å². The molecule has 0 rings (SSSR count). The molecule has 2 unspecified atom stereocenters. The topological polar surface area (TPSA) is 111 Å². The summed E-state index contributed by atoms with van der Waals surface area (Å²) in [6.07, 6.45) is 69.5. The Morgan fingerprint density at radius 2 is 0.803 bits per heavy atom. The van der Waals surface area contributed by atoms with E-state index < -0.39 is 24.3 Å². The number of quaternary nitrogens is 1. The minimum Gasteiger partial charge on any atom is -0.545 e. The quantitative estimate of drug-likeness (QED) is 0.0195. The molecule has 0 spiro atoms. The van der Waals surface area contributed by atoms with E-state index in [1.807, 2.05) is 21.1 Å². The van der Waals surface area contributed by atoms with Gasteiger partial charge >= 0.3 is 11.9 Å². The molecule has 9 heteroatoms. The highest BCUT2D eigenvalue weighted by Crippen LogP contribution is 2.13. The summed E-state index contributed by atoms with van der Waals surface area (Å²) in [5, 5.41) is 11.8. The molecule has 402 valence electrons. The van der Waals surface area contributed by atoms with Gasteiger partial charge in [0.1, 0.15) is 13.2 Å². The number of likely N-dealkylation sites (N-methyl/N-ethyl adjacent to an activating group) is 1. The molecular weight excluding hydrogens is 887 g/mol. The molecule has 0 aliphatic carbocycles. The van der Waals surface area contributed by atoms with Gasteiger partial charge in [-0.15, -0.1) is 0 Å². The molecule has 0 aromatic rings. The molecule has 0 aliphatic rings. The zero-order chi connectivity index (χ0) is 52.0. The fraction of sp³-hybridized carbons (Fsp3) is 0.629. The largest absolute Gasteiger partial charge is 0.545 e. The maximum atomic E-state index is 12.8. The lowest BCUT2D eigenvalue weighted by Crippen LogP contribution is -2.44. The van der Waals surface area contributed by atoms with Crippen LogP contribution in [-0.2, 0) is 33.3 Å². The zero-order valence-corrected chi connectivity index (χ0v) is 45.5. The third kappa shape index (κ3) is 53.3. The number of ether oxygens (including phenoxy) is 4. The summed E-state index contributed by atoms with van der Waals surface area (Å²) in [5.74, 6) is -2.36. The Kier molecular flexibility index (Phi) is 48.9. The zero-order valence-electron chi connectivity index (χ0n) is 45.5. The van der Waals surface area contributed by atoms with Crippen LogP contribution >= 0.6 is 0 Å². The van der Waals surface area contributed by atoms with E-state index in [0.717, 1.165) is 103 Å². The van der Waals surface area contributed by atoms with E-state index in [-0.39, 0.29) is 38.6 Å². The second kappa shape index (κ2) is 52.0. The van der Waals surface area contributed by atoms with Gasteiger partial charge in [-0.1, -0.05) is 193 Å². The van der Waals surface area contributed by atoms with Crippen molar-refractivity contribution >= 4 is 17.9 Å². The van der Waals surface area contributed by atoms with E-state index >= 15 is 0 Å². The summed E-state index contributed by atoms with van der Waals surface area (Å²) in [7, 11) is 5.89. The Morgan fingerprint density at radius 3 is 1.23 bits per heavy atom. The molecule has 0 bridgehead atoms. The van der Waals surface area contributed by atoms with Crippen LogP contribution in [0.1, 0.15) is 194 Å². The third-order valence-electron chi connectivity index (χ3n) is 11.2. The van der Waals surface area contributed by atoms with Crippen LogP contribution in [0, 0.1) is 0 Å². The number of carbonyl (C=O) groups is 3. The summed E-state index contributed by atoms with van der Waals surface area (Å²) in [6.45, 7) is 4.53. The molecule has 0 radical (unpaired) electrons. The Balaban J connectivity index is 4.43. The monoisotopic (exact) mass is 988 g/mol. The Labute approximate surface area is 434 Å². The first kappa shape index (κ1) is 66.7. The Morgan fingerprint density at radius 1 is 0.437 bits per heavy atom. The summed E-state index contributed by atoms with van der Waals surface area (Å²) >= 11 is 0. The van der Waals surface area contributed by atoms with Crippen LogP contribution < -0.4 is 5.11 Å². The highest BCUT2D eigenvalue weighted by Gasteiger charge is 2.21. The van der Waals surface area contributed by atoms with Gasteiger partial charge in [0, 0.05) is 12.8 Å². The van der Waals surface area contributed by atoms with E-state index in [2.05, 4.69) is 135 Å². The summed E-state index contributed by atoms with van der Waals surface area (Å²) in [5.41, 5.74) is 0. The van der Waals surface area contributed by atoms with Gasteiger partial charge in [0.25, 0.3) is 0 Å². The highest BCUT2D eigenvalue weighted by atomic mass is 16.7. The fourth-order valence-corrected chi connectivity index (χ4v) is 6.93. The molecular formula is C62H101NO8. The third-order valence-corrected chi connectivity index (χ3v) is 11.2. The first-order valence-corrected chi connectivity index (χ1v) is 27.7. The second-order valence-corrected chi connectivity index (χ2v) is 19.1. The summed E-state index contributed by atoms with van der Waals surface area (Å²) in [4.78, 5) is 37.2. The standard InChI is InChI=1S/C62H101NO8/c1-6-8-10-12-14-16-18-20-22-24-26-27-28-29-30-31-32-33-35-37-39-41-43-45-47-49-51-53-60(65)71-58(57-70-62(61(66)67)68-55-54-63(3,4)5)56-69-59(64)52-50-48-46-44-42-40-38-36-34-25-23-21-19-17-15-13-11-9-7-2/h8,10,14-17,20-23,26-27,29-30,32-33,37,39,43,45,58,62H,6-7,9,11-13,18-19,24-25,28,31,34-36,38,40-42,44,46-57H2,1-5H3/b10-8-,16-14-,17-15-,22-20-,23-21-,27-26-,30-29-,33-32-,39-37-,45-43-. The van der Waals surface area contributed by atoms with Crippen molar-refractivity contribution in [2.24, 2.45) is 0 Å². The number of carbonyl (C=O) groups excluding carboxylic acids is 3. The van der Waals surface area contributed by atoms with Crippen LogP contribution in [0.4, 0.5) is 0 Å². The first-order chi connectivity index (χ1) is 34.6. The number of aliphatic carboxylic acids is 1. The smallest absolute Gasteiger partial charge is 0.306 e. The molecule has 9 nitrogen and oxygen atoms in total. The Hall–Kier alpha value is -4.31. The second-order valence-electron chi connectivity index (χ2n) is 19.1. The van der Waals surface area contributed by atoms with Crippen molar-refractivity contribution in [3.8, 4) is 0 Å². The molecule has 0 aliphatic heterocycles. The van der Waals surface area contributed by atoms with Crippen molar-refractivity contribution in [3.05, 3.63) is 122 Å². The predicted octanol–water partition coefficient (Wildman–Crippen LogP) is 14.8. The number of carboxylic acid groups (broad SMARTS) is 1. The van der Waals surface area contributed by atoms with E-state index in [9.17, 15) is 19.5 Å². The maximum Gasteiger partial charge on any atom is 0.306 e. The van der Waals surface area contributed by atoms with Crippen LogP contribution in [0.15, 0.2) is 122 Å². The molecule has 0 aromatic heterocycles. The van der Waals surface area contributed by atoms with Crippen molar-refractivity contribution < 1.29 is 42.9 Å². The molecule has 0 aromatic carbocycles. The van der Waals surface area contributed by atoms with Crippen LogP contribution in [0.2, 0.25) is 0 Å². The van der Waals surface area contributed by atoms with Crippen molar-refractivity contribution in [1.29, 1.82) is 0 Å². The lowest BCUT2D eigenvalue weighted by molar-refractivity contribution is -0.870. The lowest BCUT2D eigenvalue weighted by atomic mass is 10.1. The van der Waals surface area contributed by atoms with E-state index in [1.165, 1.54) is 57.8 Å². The van der Waals surface area contributed by atoms with Gasteiger partial charge in [0.15, 0.2) is 12.4 Å². The number of hydrogen-bond acceptors (Lipinski definition) is 8. The molecule has 0 saturated heterocycles. The number of hydrogen-bond donors (Lipinski definition) is 0. The van der Waals surface area contributed by atoms with Crippen LogP contribution in [-0.4, -0.2) is 82.3 Å². The van der Waals surface area contributed by atoms with Crippen LogP contribution in [0.5, 0.6) is 0 Å². The Bertz CT molecular complexity index is 1570. The minimum absolute atomic E-state index is 0.131. The minimum atomic E-state index is -1.64. The highest BCUT2D eigenvalue weighted by molar-refractivity contribution is 5.70. The molecule has 71 heavy (non-hydrogen) atoms. The van der Waals surface area contributed by atoms with Gasteiger partial charge in [-0.3, -0.25) is 9.59 Å². The van der Waals surface area contributed by atoms with Crippen LogP contribution in [0.3, 0.4) is 0 Å². The summed E-state index contributed by atoms with van der Waals surface area (Å²) in [6, 6.07) is 0. The average Bonchev–Trinajstić information content (AvgIpc) is 3.34. The molecule has 0 saturated carbocycles. The number of carboxylic acids is 1.